The number of hydrogen-bond acceptors (Lipinski definition) is 6. The van der Waals surface area contributed by atoms with Crippen LogP contribution in [0, 0.1) is 0 Å². The predicted molar refractivity (Wildman–Crippen MR) is 141 cm³/mol. The van der Waals surface area contributed by atoms with Gasteiger partial charge in [0, 0.05) is 23.3 Å². The highest BCUT2D eigenvalue weighted by atomic mass is 79.9. The standard InChI is InChI=1S/C28H27BrN2O4/c1-33-18-8-6-7-16(11-18)17-12-23-27(24(32)13-17)28(31-22-10-5-4-9-21(22)30-23)19-14-26(35-3)20(29)15-25(19)34-2/h4-11,14-15,17,28,30-31H,12-13H2,1-3H3. The number of para-hydroxylation sites is 2. The van der Waals surface area contributed by atoms with Crippen LogP contribution in [0.4, 0.5) is 11.4 Å². The highest BCUT2D eigenvalue weighted by Crippen LogP contribution is 2.47. The molecular formula is C28H27BrN2O4. The molecule has 0 aromatic heterocycles. The first-order chi connectivity index (χ1) is 17.0. The van der Waals surface area contributed by atoms with Crippen molar-refractivity contribution in [2.24, 2.45) is 0 Å². The van der Waals surface area contributed by atoms with Gasteiger partial charge in [0.1, 0.15) is 17.2 Å². The van der Waals surface area contributed by atoms with Crippen molar-refractivity contribution >= 4 is 33.1 Å². The summed E-state index contributed by atoms with van der Waals surface area (Å²) in [6, 6.07) is 19.4. The molecule has 2 atom stereocenters. The fourth-order valence-electron chi connectivity index (χ4n) is 4.97. The smallest absolute Gasteiger partial charge is 0.163 e. The number of fused-ring (bicyclic) bond motifs is 1. The molecule has 7 heteroatoms. The summed E-state index contributed by atoms with van der Waals surface area (Å²) in [6.07, 6.45) is 1.12. The lowest BCUT2D eigenvalue weighted by molar-refractivity contribution is -0.116. The van der Waals surface area contributed by atoms with Crippen molar-refractivity contribution in [2.45, 2.75) is 24.8 Å². The SMILES string of the molecule is COc1cccc(C2CC(=O)C3=C(C2)Nc2ccccc2NC3c2cc(OC)c(Br)cc2OC)c1. The van der Waals surface area contributed by atoms with Crippen molar-refractivity contribution in [2.75, 3.05) is 32.0 Å². The molecule has 1 aliphatic carbocycles. The normalized spacial score (nSPS) is 19.0. The van der Waals surface area contributed by atoms with E-state index in [0.29, 0.717) is 24.3 Å². The maximum absolute atomic E-state index is 13.8. The molecule has 1 heterocycles. The zero-order chi connectivity index (χ0) is 24.5. The minimum absolute atomic E-state index is 0.0520. The Morgan fingerprint density at radius 1 is 0.857 bits per heavy atom. The van der Waals surface area contributed by atoms with E-state index in [-0.39, 0.29) is 11.7 Å². The second-order valence-electron chi connectivity index (χ2n) is 8.67. The summed E-state index contributed by atoms with van der Waals surface area (Å²) < 4.78 is 17.5. The Bertz CT molecular complexity index is 1320. The van der Waals surface area contributed by atoms with Crippen molar-refractivity contribution in [1.82, 2.24) is 0 Å². The highest BCUT2D eigenvalue weighted by Gasteiger charge is 2.37. The number of carbonyl (C=O) groups excluding carboxylic acids is 1. The number of hydrogen-bond donors (Lipinski definition) is 2. The minimum atomic E-state index is -0.406. The maximum atomic E-state index is 13.8. The molecule has 0 amide bonds. The van der Waals surface area contributed by atoms with Crippen LogP contribution in [0.2, 0.25) is 0 Å². The summed E-state index contributed by atoms with van der Waals surface area (Å²) in [6.45, 7) is 0. The molecule has 0 bridgehead atoms. The van der Waals surface area contributed by atoms with Gasteiger partial charge in [-0.2, -0.15) is 0 Å². The van der Waals surface area contributed by atoms with Gasteiger partial charge in [0.15, 0.2) is 5.78 Å². The van der Waals surface area contributed by atoms with Crippen molar-refractivity contribution in [3.8, 4) is 17.2 Å². The quantitative estimate of drug-likeness (QED) is 0.391. The third kappa shape index (κ3) is 4.36. The topological polar surface area (TPSA) is 68.8 Å². The van der Waals surface area contributed by atoms with Gasteiger partial charge in [-0.1, -0.05) is 24.3 Å². The Morgan fingerprint density at radius 3 is 2.37 bits per heavy atom. The van der Waals surface area contributed by atoms with Gasteiger partial charge >= 0.3 is 0 Å². The molecule has 3 aromatic rings. The summed E-state index contributed by atoms with van der Waals surface area (Å²) in [5.41, 5.74) is 5.43. The summed E-state index contributed by atoms with van der Waals surface area (Å²) in [4.78, 5) is 13.8. The van der Waals surface area contributed by atoms with Gasteiger partial charge in [-0.05, 0) is 70.2 Å². The van der Waals surface area contributed by atoms with E-state index < -0.39 is 6.04 Å². The molecular weight excluding hydrogens is 508 g/mol. The van der Waals surface area contributed by atoms with Crippen LogP contribution >= 0.6 is 15.9 Å². The Labute approximate surface area is 213 Å². The van der Waals surface area contributed by atoms with Crippen molar-refractivity contribution in [1.29, 1.82) is 0 Å². The first kappa shape index (κ1) is 23.3. The average Bonchev–Trinajstić information content (AvgIpc) is 3.05. The minimum Gasteiger partial charge on any atom is -0.497 e. The Hall–Kier alpha value is -3.45. The number of carbonyl (C=O) groups is 1. The highest BCUT2D eigenvalue weighted by molar-refractivity contribution is 9.10. The van der Waals surface area contributed by atoms with Crippen LogP contribution in [-0.2, 0) is 4.79 Å². The largest absolute Gasteiger partial charge is 0.497 e. The molecule has 2 unspecified atom stereocenters. The second-order valence-corrected chi connectivity index (χ2v) is 9.53. The number of nitrogens with one attached hydrogen (secondary N) is 2. The van der Waals surface area contributed by atoms with Crippen LogP contribution in [0.15, 0.2) is 76.4 Å². The lowest BCUT2D eigenvalue weighted by Crippen LogP contribution is -2.27. The van der Waals surface area contributed by atoms with Gasteiger partial charge in [-0.15, -0.1) is 0 Å². The van der Waals surface area contributed by atoms with Crippen molar-refractivity contribution in [3.63, 3.8) is 0 Å². The maximum Gasteiger partial charge on any atom is 0.163 e. The second kappa shape index (κ2) is 9.66. The molecule has 0 saturated heterocycles. The van der Waals surface area contributed by atoms with Crippen LogP contribution in [0.25, 0.3) is 0 Å². The van der Waals surface area contributed by atoms with Crippen molar-refractivity contribution in [3.05, 3.63) is 87.5 Å². The number of benzene rings is 3. The first-order valence-electron chi connectivity index (χ1n) is 11.5. The van der Waals surface area contributed by atoms with Gasteiger partial charge in [0.25, 0.3) is 0 Å². The van der Waals surface area contributed by atoms with E-state index in [9.17, 15) is 4.79 Å². The summed E-state index contributed by atoms with van der Waals surface area (Å²) in [7, 11) is 4.92. The first-order valence-corrected chi connectivity index (χ1v) is 12.3. The fourth-order valence-corrected chi connectivity index (χ4v) is 5.45. The summed E-state index contributed by atoms with van der Waals surface area (Å²) in [5, 5.41) is 7.19. The lowest BCUT2D eigenvalue weighted by atomic mass is 9.78. The van der Waals surface area contributed by atoms with E-state index in [1.54, 1.807) is 21.3 Å². The zero-order valence-electron chi connectivity index (χ0n) is 19.9. The zero-order valence-corrected chi connectivity index (χ0v) is 21.4. The molecule has 2 N–H and O–H groups in total. The molecule has 0 fully saturated rings. The van der Waals surface area contributed by atoms with Gasteiger partial charge in [0.05, 0.1) is 43.2 Å². The Morgan fingerprint density at radius 2 is 1.63 bits per heavy atom. The van der Waals surface area contributed by atoms with Gasteiger partial charge in [0.2, 0.25) is 0 Å². The molecule has 35 heavy (non-hydrogen) atoms. The molecule has 180 valence electrons. The van der Waals surface area contributed by atoms with Crippen molar-refractivity contribution < 1.29 is 19.0 Å². The van der Waals surface area contributed by atoms with Gasteiger partial charge < -0.3 is 24.8 Å². The average molecular weight is 535 g/mol. The number of Topliss-reactive ketones (excluding diaryl/α,β-unsaturated/α-hetero) is 1. The number of halogens is 1. The third-order valence-electron chi connectivity index (χ3n) is 6.69. The van der Waals surface area contributed by atoms with E-state index >= 15 is 0 Å². The molecule has 0 radical (unpaired) electrons. The van der Waals surface area contributed by atoms with Crippen LogP contribution in [0.3, 0.4) is 0 Å². The lowest BCUT2D eigenvalue weighted by Gasteiger charge is -2.30. The Balaban J connectivity index is 1.65. The number of rotatable bonds is 5. The summed E-state index contributed by atoms with van der Waals surface area (Å²) >= 11 is 3.55. The van der Waals surface area contributed by atoms with Crippen LogP contribution in [0.5, 0.6) is 17.2 Å². The molecule has 3 aromatic carbocycles. The predicted octanol–water partition coefficient (Wildman–Crippen LogP) is 6.45. The number of ether oxygens (including phenoxy) is 3. The van der Waals surface area contributed by atoms with E-state index in [0.717, 1.165) is 44.0 Å². The van der Waals surface area contributed by atoms with Crippen LogP contribution < -0.4 is 24.8 Å². The van der Waals surface area contributed by atoms with Gasteiger partial charge in [-0.25, -0.2) is 0 Å². The van der Waals surface area contributed by atoms with E-state index in [4.69, 9.17) is 14.2 Å². The number of methoxy groups -OCH3 is 3. The monoisotopic (exact) mass is 534 g/mol. The van der Waals surface area contributed by atoms with Gasteiger partial charge in [-0.3, -0.25) is 4.79 Å². The van der Waals surface area contributed by atoms with Crippen LogP contribution in [-0.4, -0.2) is 27.1 Å². The fraction of sp³-hybridized carbons (Fsp3) is 0.250. The van der Waals surface area contributed by atoms with Crippen LogP contribution in [0.1, 0.15) is 35.9 Å². The third-order valence-corrected chi connectivity index (χ3v) is 7.31. The molecule has 2 aliphatic rings. The molecule has 0 saturated carbocycles. The summed E-state index contributed by atoms with van der Waals surface area (Å²) in [5.74, 6) is 2.29. The van der Waals surface area contributed by atoms with E-state index in [1.165, 1.54) is 0 Å². The molecule has 0 spiro atoms. The molecule has 5 rings (SSSR count). The number of anilines is 2. The number of allylic oxidation sites excluding steroid dienone is 1. The van der Waals surface area contributed by atoms with E-state index in [2.05, 4.69) is 32.6 Å². The van der Waals surface area contributed by atoms with E-state index in [1.807, 2.05) is 54.6 Å². The molecule has 6 nitrogen and oxygen atoms in total. The Kier molecular flexibility index (Phi) is 6.43. The number of ketones is 1. The molecule has 1 aliphatic heterocycles.